The lowest BCUT2D eigenvalue weighted by Crippen LogP contribution is -2.34. The first-order chi connectivity index (χ1) is 40.7. The van der Waals surface area contributed by atoms with Crippen molar-refractivity contribution in [2.75, 3.05) is 98.3 Å². The van der Waals surface area contributed by atoms with Gasteiger partial charge >= 0.3 is 5.97 Å². The second kappa shape index (κ2) is 36.9. The summed E-state index contributed by atoms with van der Waals surface area (Å²) in [5.74, 6) is 0.837. The summed E-state index contributed by atoms with van der Waals surface area (Å²) in [5.41, 5.74) is 6.70. The molecule has 2 aliphatic carbocycles. The minimum Gasteiger partial charge on any atom is -0.494 e. The lowest BCUT2D eigenvalue weighted by Gasteiger charge is -2.40. The Hall–Kier alpha value is -3.49. The molecular weight excluding hydrogens is 1120 g/mol. The number of carboxylic acids is 1. The first-order valence-corrected chi connectivity index (χ1v) is 35.6. The fourth-order valence-electron chi connectivity index (χ4n) is 11.9. The van der Waals surface area contributed by atoms with E-state index in [2.05, 4.69) is 99.5 Å². The van der Waals surface area contributed by atoms with Gasteiger partial charge in [-0.05, 0) is 145 Å². The van der Waals surface area contributed by atoms with E-state index in [1.807, 2.05) is 26.0 Å². The molecule has 3 aromatic rings. The molecule has 15 nitrogen and oxygen atoms in total. The number of sulfonamides is 2. The number of carbonyl (C=O) groups is 1. The van der Waals surface area contributed by atoms with Crippen LogP contribution in [-0.2, 0) is 64.1 Å². The normalized spacial score (nSPS) is 17.8. The topological polar surface area (TPSA) is 194 Å². The van der Waals surface area contributed by atoms with Crippen LogP contribution >= 0.6 is 0 Å². The average molecular weight is 1230 g/mol. The van der Waals surface area contributed by atoms with E-state index < -0.39 is 43.6 Å². The largest absolute Gasteiger partial charge is 0.494 e. The number of unbranched alkanes of at least 4 members (excludes halogenated alkanes) is 2. The molecule has 0 aliphatic heterocycles. The molecule has 482 valence electrons. The minimum absolute atomic E-state index is 0.0197. The number of carboxylic acid groups (broad SMARTS) is 1. The number of benzene rings is 3. The minimum atomic E-state index is -3.67. The summed E-state index contributed by atoms with van der Waals surface area (Å²) >= 11 is 0. The van der Waals surface area contributed by atoms with E-state index in [0.29, 0.717) is 58.6 Å². The Morgan fingerprint density at radius 1 is 0.553 bits per heavy atom. The smallest absolute Gasteiger partial charge is 0.303 e. The summed E-state index contributed by atoms with van der Waals surface area (Å²) in [5, 5.41) is 9.01. The van der Waals surface area contributed by atoms with E-state index in [1.54, 1.807) is 14.2 Å². The number of aliphatic carboxylic acids is 1. The van der Waals surface area contributed by atoms with E-state index in [1.165, 1.54) is 50.5 Å². The molecular formula is C68H110N2O13S2. The SMILES string of the molecule is CCC(CNS(=O)(=O)CCCOC1c2cc(C(C)(C)c3ccc(OCCCCCC(=O)O)cc3)ccc2-c2ccc(C(C)(C)C3CCCCCCC3)cc2C1OCCCS(=O)(=O)NCC(CC)COCC(CC)COC)COCC(CC)COC. The molecule has 3 aromatic carbocycles. The summed E-state index contributed by atoms with van der Waals surface area (Å²) in [4.78, 5) is 11.0. The van der Waals surface area contributed by atoms with Crippen molar-refractivity contribution in [2.24, 2.45) is 29.6 Å². The van der Waals surface area contributed by atoms with Crippen molar-refractivity contribution in [3.63, 3.8) is 0 Å². The van der Waals surface area contributed by atoms with Gasteiger partial charge in [0, 0.05) is 64.2 Å². The highest BCUT2D eigenvalue weighted by molar-refractivity contribution is 7.89. The lowest BCUT2D eigenvalue weighted by molar-refractivity contribution is -0.137. The van der Waals surface area contributed by atoms with Crippen LogP contribution in [0.5, 0.6) is 5.75 Å². The summed E-state index contributed by atoms with van der Waals surface area (Å²) < 4.78 is 103. The lowest BCUT2D eigenvalue weighted by atomic mass is 9.67. The van der Waals surface area contributed by atoms with Crippen LogP contribution in [0.3, 0.4) is 0 Å². The molecule has 2 aliphatic rings. The number of nitrogens with one attached hydrogen (secondary N) is 2. The summed E-state index contributed by atoms with van der Waals surface area (Å²) in [7, 11) is -3.96. The number of methoxy groups -OCH3 is 2. The first kappa shape index (κ1) is 72.3. The van der Waals surface area contributed by atoms with Gasteiger partial charge in [-0.1, -0.05) is 136 Å². The van der Waals surface area contributed by atoms with Gasteiger partial charge in [-0.25, -0.2) is 26.3 Å². The zero-order valence-corrected chi connectivity index (χ0v) is 55.3. The second-order valence-corrected chi connectivity index (χ2v) is 29.1. The van der Waals surface area contributed by atoms with Gasteiger partial charge in [0.15, 0.2) is 0 Å². The molecule has 0 aromatic heterocycles. The van der Waals surface area contributed by atoms with Gasteiger partial charge in [-0.15, -0.1) is 0 Å². The molecule has 0 amide bonds. The Morgan fingerprint density at radius 3 is 1.47 bits per heavy atom. The fourth-order valence-corrected chi connectivity index (χ4v) is 14.2. The third kappa shape index (κ3) is 23.4. The summed E-state index contributed by atoms with van der Waals surface area (Å²) in [6, 6.07) is 21.6. The maximum atomic E-state index is 13.7. The van der Waals surface area contributed by atoms with Crippen molar-refractivity contribution < 1.29 is 59.9 Å². The Morgan fingerprint density at radius 2 is 1.00 bits per heavy atom. The van der Waals surface area contributed by atoms with Crippen LogP contribution in [-0.4, -0.2) is 126 Å². The van der Waals surface area contributed by atoms with Crippen LogP contribution in [0.1, 0.15) is 205 Å². The standard InChI is InChI=1S/C68H110N2O13S2/c1-11-51(47-79-49-53(13-3)45-77-9)43-69-84(73,74)39-23-37-82-65-62-41-57(67(5,6)55-25-19-16-15-17-20-26-55)30-34-60(62)61-35-31-58(68(7,8)56-28-32-59(33-29-56)81-36-22-18-21-27-64(71)72)42-63(61)66(65)83-38-24-40-85(75,76)70-44-52(12-2)48-80-50-54(14-4)46-78-10/h28-35,41-42,51-55,65-66,69-70H,11-27,36-40,43-50H2,1-10H3,(H,71,72). The van der Waals surface area contributed by atoms with Crippen molar-refractivity contribution >= 4 is 26.0 Å². The van der Waals surface area contributed by atoms with E-state index in [-0.39, 0.29) is 86.2 Å². The molecule has 3 N–H and O–H groups in total. The van der Waals surface area contributed by atoms with Crippen molar-refractivity contribution in [1.29, 1.82) is 0 Å². The van der Waals surface area contributed by atoms with Gasteiger partial charge in [-0.3, -0.25) is 4.79 Å². The second-order valence-electron chi connectivity index (χ2n) is 25.3. The number of rotatable bonds is 43. The predicted molar refractivity (Wildman–Crippen MR) is 342 cm³/mol. The molecule has 0 saturated heterocycles. The number of fused-ring (bicyclic) bond motifs is 3. The third-order valence-electron chi connectivity index (χ3n) is 18.2. The highest BCUT2D eigenvalue weighted by Crippen LogP contribution is 2.51. The average Bonchev–Trinajstić information content (AvgIpc) is 3.67. The van der Waals surface area contributed by atoms with Crippen LogP contribution in [0.4, 0.5) is 0 Å². The molecule has 5 rings (SSSR count). The van der Waals surface area contributed by atoms with Crippen molar-refractivity contribution in [3.8, 4) is 16.9 Å². The molecule has 0 bridgehead atoms. The van der Waals surface area contributed by atoms with Gasteiger partial charge < -0.3 is 38.3 Å². The Labute approximate surface area is 513 Å². The summed E-state index contributed by atoms with van der Waals surface area (Å²) in [6.07, 6.45) is 13.5. The third-order valence-corrected chi connectivity index (χ3v) is 21.0. The molecule has 0 spiro atoms. The number of ether oxygens (including phenoxy) is 7. The fraction of sp³-hybridized carbons (Fsp3) is 0.721. The molecule has 1 fully saturated rings. The first-order valence-electron chi connectivity index (χ1n) is 32.3. The Kier molecular flexibility index (Phi) is 31.3. The van der Waals surface area contributed by atoms with Crippen LogP contribution in [0, 0.1) is 29.6 Å². The van der Waals surface area contributed by atoms with Crippen LogP contribution in [0.2, 0.25) is 0 Å². The molecule has 6 unspecified atom stereocenters. The van der Waals surface area contributed by atoms with Gasteiger partial charge in [0.2, 0.25) is 20.0 Å². The maximum absolute atomic E-state index is 13.7. The van der Waals surface area contributed by atoms with Crippen LogP contribution in [0.25, 0.3) is 11.1 Å². The van der Waals surface area contributed by atoms with Crippen molar-refractivity contribution in [1.82, 2.24) is 9.44 Å². The van der Waals surface area contributed by atoms with Crippen molar-refractivity contribution in [3.05, 3.63) is 88.5 Å². The monoisotopic (exact) mass is 1230 g/mol. The van der Waals surface area contributed by atoms with E-state index in [9.17, 15) is 21.6 Å². The molecule has 1 saturated carbocycles. The van der Waals surface area contributed by atoms with E-state index >= 15 is 0 Å². The molecule has 0 radical (unpaired) electrons. The van der Waals surface area contributed by atoms with Gasteiger partial charge in [-0.2, -0.15) is 0 Å². The zero-order chi connectivity index (χ0) is 61.9. The van der Waals surface area contributed by atoms with E-state index in [4.69, 9.17) is 38.3 Å². The van der Waals surface area contributed by atoms with Gasteiger partial charge in [0.1, 0.15) is 18.0 Å². The zero-order valence-electron chi connectivity index (χ0n) is 53.7. The number of hydrogen-bond acceptors (Lipinski definition) is 12. The Balaban J connectivity index is 1.45. The maximum Gasteiger partial charge on any atom is 0.303 e. The van der Waals surface area contributed by atoms with Crippen LogP contribution in [0.15, 0.2) is 60.7 Å². The Bertz CT molecular complexity index is 2620. The van der Waals surface area contributed by atoms with Crippen LogP contribution < -0.4 is 14.2 Å². The molecule has 0 heterocycles. The molecule has 6 atom stereocenters. The molecule has 17 heteroatoms. The van der Waals surface area contributed by atoms with Gasteiger partial charge in [0.25, 0.3) is 0 Å². The highest BCUT2D eigenvalue weighted by Gasteiger charge is 2.40. The predicted octanol–water partition coefficient (Wildman–Crippen LogP) is 13.5. The highest BCUT2D eigenvalue weighted by atomic mass is 32.2. The molecule has 85 heavy (non-hydrogen) atoms. The summed E-state index contributed by atoms with van der Waals surface area (Å²) in [6.45, 7) is 22.1. The quantitative estimate of drug-likeness (QED) is 0.0454. The van der Waals surface area contributed by atoms with E-state index in [0.717, 1.165) is 77.7 Å². The van der Waals surface area contributed by atoms with Gasteiger partial charge in [0.05, 0.1) is 57.8 Å². The van der Waals surface area contributed by atoms with Crippen molar-refractivity contribution in [2.45, 2.75) is 188 Å². The number of hydrogen-bond donors (Lipinski definition) is 3.